The summed E-state index contributed by atoms with van der Waals surface area (Å²) in [6.45, 7) is 5.76. The predicted octanol–water partition coefficient (Wildman–Crippen LogP) is 2.22. The van der Waals surface area contributed by atoms with Crippen molar-refractivity contribution in [1.29, 1.82) is 0 Å². The van der Waals surface area contributed by atoms with Crippen LogP contribution in [0.25, 0.3) is 11.1 Å². The molecule has 0 spiro atoms. The Morgan fingerprint density at radius 2 is 1.85 bits per heavy atom. The average molecular weight is 566 g/mol. The molecule has 3 aliphatic carbocycles. The van der Waals surface area contributed by atoms with E-state index in [4.69, 9.17) is 10.2 Å². The molecule has 1 aromatic heterocycles. The van der Waals surface area contributed by atoms with Gasteiger partial charge in [-0.05, 0) is 69.2 Å². The molecule has 2 aromatic rings. The van der Waals surface area contributed by atoms with Crippen LogP contribution >= 0.6 is 0 Å². The summed E-state index contributed by atoms with van der Waals surface area (Å²) < 4.78 is 5.33. The highest BCUT2D eigenvalue weighted by molar-refractivity contribution is 6.25. The number of carbonyl (C=O) groups is 3. The number of ketones is 2. The number of furan rings is 1. The molecule has 0 saturated carbocycles. The van der Waals surface area contributed by atoms with E-state index in [1.54, 1.807) is 26.4 Å². The fourth-order valence-corrected chi connectivity index (χ4v) is 6.86. The number of rotatable bonds is 7. The number of aliphatic hydroxyl groups excluding tert-OH is 2. The van der Waals surface area contributed by atoms with Crippen LogP contribution in [0.3, 0.4) is 0 Å². The summed E-state index contributed by atoms with van der Waals surface area (Å²) in [5.74, 6) is -6.66. The van der Waals surface area contributed by atoms with Gasteiger partial charge in [0.15, 0.2) is 11.4 Å². The fraction of sp³-hybridized carbons (Fsp3) is 0.433. The van der Waals surface area contributed by atoms with Crippen molar-refractivity contribution >= 4 is 17.5 Å². The standard InChI is InChI=1S/C30H35N3O8/c1-5-33(6-2)12-16-10-17(14-7-8-41-13-14)18-9-15-11-19-23(32(3)4)26(36)22(29(31)39)28(38)30(19,40)27(37)20(15)25(35)21(18)24(16)34/h7-8,10,13,15,19,23,34,36-37,40H,5-6,9,11-12H2,1-4H3,(H2,31,39)/t15-,19-,23-,30-/m0/s1. The maximum atomic E-state index is 14.2. The van der Waals surface area contributed by atoms with Crippen molar-refractivity contribution in [2.75, 3.05) is 27.2 Å². The number of hydrogen-bond acceptors (Lipinski definition) is 10. The molecule has 1 amide bonds. The molecule has 4 atom stereocenters. The first-order valence-electron chi connectivity index (χ1n) is 13.7. The Morgan fingerprint density at radius 1 is 1.17 bits per heavy atom. The van der Waals surface area contributed by atoms with E-state index in [0.717, 1.165) is 0 Å². The largest absolute Gasteiger partial charge is 0.510 e. The number of allylic oxidation sites excluding steroid dienone is 1. The smallest absolute Gasteiger partial charge is 0.255 e. The van der Waals surface area contributed by atoms with E-state index in [9.17, 15) is 34.8 Å². The highest BCUT2D eigenvalue weighted by atomic mass is 16.3. The molecule has 0 fully saturated rings. The van der Waals surface area contributed by atoms with Gasteiger partial charge in [-0.25, -0.2) is 0 Å². The third-order valence-corrected chi connectivity index (χ3v) is 8.92. The van der Waals surface area contributed by atoms with Gasteiger partial charge in [0, 0.05) is 29.2 Å². The molecule has 6 N–H and O–H groups in total. The zero-order chi connectivity index (χ0) is 30.0. The Bertz CT molecular complexity index is 1500. The molecule has 0 radical (unpaired) electrons. The fourth-order valence-electron chi connectivity index (χ4n) is 6.86. The van der Waals surface area contributed by atoms with E-state index < -0.39 is 58.0 Å². The minimum atomic E-state index is -2.67. The summed E-state index contributed by atoms with van der Waals surface area (Å²) >= 11 is 0. The first-order valence-corrected chi connectivity index (χ1v) is 13.7. The molecule has 0 aliphatic heterocycles. The zero-order valence-electron chi connectivity index (χ0n) is 23.5. The van der Waals surface area contributed by atoms with Crippen molar-refractivity contribution < 1.29 is 39.2 Å². The molecule has 5 rings (SSSR count). The summed E-state index contributed by atoms with van der Waals surface area (Å²) in [7, 11) is 3.19. The average Bonchev–Trinajstić information content (AvgIpc) is 3.45. The summed E-state index contributed by atoms with van der Waals surface area (Å²) in [6, 6.07) is 2.56. The summed E-state index contributed by atoms with van der Waals surface area (Å²) in [5.41, 5.74) is 4.19. The Hall–Kier alpha value is -3.93. The van der Waals surface area contributed by atoms with Gasteiger partial charge >= 0.3 is 0 Å². The number of benzene rings is 1. The SMILES string of the molecule is CCN(CC)Cc1cc(-c2ccoc2)c2c(c1O)C(=O)C1=C(O)[C@]3(O)C(=O)C(C(N)=O)=C(O)[C@@H](N(C)C)[C@@H]3C[C@@H]1C2. The second-order valence-electron chi connectivity index (χ2n) is 11.2. The predicted molar refractivity (Wildman–Crippen MR) is 148 cm³/mol. The lowest BCUT2D eigenvalue weighted by Crippen LogP contribution is -2.63. The molecule has 1 aromatic carbocycles. The van der Waals surface area contributed by atoms with E-state index >= 15 is 0 Å². The number of amides is 1. The van der Waals surface area contributed by atoms with Crippen LogP contribution in [0.1, 0.15) is 41.8 Å². The third-order valence-electron chi connectivity index (χ3n) is 8.92. The van der Waals surface area contributed by atoms with E-state index in [1.807, 2.05) is 19.9 Å². The molecule has 11 heteroatoms. The molecule has 41 heavy (non-hydrogen) atoms. The quantitative estimate of drug-likeness (QED) is 0.313. The van der Waals surface area contributed by atoms with Gasteiger partial charge in [0.05, 0.1) is 24.1 Å². The van der Waals surface area contributed by atoms with Crippen LogP contribution in [-0.4, -0.2) is 86.5 Å². The van der Waals surface area contributed by atoms with Crippen LogP contribution in [0.5, 0.6) is 5.75 Å². The number of aliphatic hydroxyl groups is 3. The van der Waals surface area contributed by atoms with Crippen molar-refractivity contribution in [1.82, 2.24) is 9.80 Å². The molecule has 0 saturated heterocycles. The first kappa shape index (κ1) is 28.6. The number of primary amides is 1. The van der Waals surface area contributed by atoms with Gasteiger partial charge < -0.3 is 30.6 Å². The summed E-state index contributed by atoms with van der Waals surface area (Å²) in [6.07, 6.45) is 3.30. The Balaban J connectivity index is 1.74. The molecule has 0 bridgehead atoms. The van der Waals surface area contributed by atoms with Crippen molar-refractivity contribution in [3.63, 3.8) is 0 Å². The molecule has 1 heterocycles. The Kier molecular flexibility index (Phi) is 7.09. The molecular weight excluding hydrogens is 530 g/mol. The van der Waals surface area contributed by atoms with Crippen LogP contribution in [0.2, 0.25) is 0 Å². The van der Waals surface area contributed by atoms with Crippen molar-refractivity contribution in [2.24, 2.45) is 17.6 Å². The van der Waals surface area contributed by atoms with Crippen LogP contribution in [0.15, 0.2) is 51.7 Å². The maximum Gasteiger partial charge on any atom is 0.255 e. The van der Waals surface area contributed by atoms with Crippen LogP contribution in [0, 0.1) is 11.8 Å². The number of aromatic hydroxyl groups is 1. The molecular formula is C30H35N3O8. The number of hydrogen-bond donors (Lipinski definition) is 5. The minimum absolute atomic E-state index is 0.00774. The van der Waals surface area contributed by atoms with Gasteiger partial charge in [0.2, 0.25) is 5.78 Å². The number of likely N-dealkylation sites (N-methyl/N-ethyl adjacent to an activating group) is 1. The van der Waals surface area contributed by atoms with Gasteiger partial charge in [-0.1, -0.05) is 13.8 Å². The maximum absolute atomic E-state index is 14.2. The lowest BCUT2D eigenvalue weighted by atomic mass is 9.58. The van der Waals surface area contributed by atoms with Crippen LogP contribution < -0.4 is 5.73 Å². The van der Waals surface area contributed by atoms with Gasteiger partial charge in [-0.15, -0.1) is 0 Å². The lowest BCUT2D eigenvalue weighted by molar-refractivity contribution is -0.148. The number of nitrogens with two attached hydrogens (primary N) is 1. The van der Waals surface area contributed by atoms with Gasteiger partial charge in [0.1, 0.15) is 22.8 Å². The second-order valence-corrected chi connectivity index (χ2v) is 11.2. The molecule has 218 valence electrons. The van der Waals surface area contributed by atoms with Crippen molar-refractivity contribution in [3.8, 4) is 16.9 Å². The topological polar surface area (TPSA) is 178 Å². The van der Waals surface area contributed by atoms with Gasteiger partial charge in [0.25, 0.3) is 5.91 Å². The third kappa shape index (κ3) is 4.10. The van der Waals surface area contributed by atoms with Crippen molar-refractivity contribution in [3.05, 3.63) is 64.0 Å². The number of carbonyl (C=O) groups excluding carboxylic acids is 3. The first-order chi connectivity index (χ1) is 19.4. The normalized spacial score (nSPS) is 26.0. The minimum Gasteiger partial charge on any atom is -0.510 e. The molecule has 0 unspecified atom stereocenters. The highest BCUT2D eigenvalue weighted by Gasteiger charge is 2.63. The number of nitrogens with zero attached hydrogens (tertiary/aromatic N) is 2. The van der Waals surface area contributed by atoms with Crippen LogP contribution in [-0.2, 0) is 22.6 Å². The Morgan fingerprint density at radius 3 is 2.41 bits per heavy atom. The Labute approximate surface area is 237 Å². The lowest BCUT2D eigenvalue weighted by Gasteiger charge is -2.50. The number of Topliss-reactive ketones (excluding diaryl/α,β-unsaturated/α-hetero) is 2. The van der Waals surface area contributed by atoms with Crippen LogP contribution in [0.4, 0.5) is 0 Å². The zero-order valence-corrected chi connectivity index (χ0v) is 23.5. The van der Waals surface area contributed by atoms with Crippen molar-refractivity contribution in [2.45, 2.75) is 44.9 Å². The van der Waals surface area contributed by atoms with E-state index in [1.165, 1.54) is 11.2 Å². The van der Waals surface area contributed by atoms with Gasteiger partial charge in [-0.3, -0.25) is 24.2 Å². The van der Waals surface area contributed by atoms with Gasteiger partial charge in [-0.2, -0.15) is 0 Å². The summed E-state index contributed by atoms with van der Waals surface area (Å²) in [5, 5.41) is 45.8. The molecule has 11 nitrogen and oxygen atoms in total. The van der Waals surface area contributed by atoms with E-state index in [-0.39, 0.29) is 29.7 Å². The number of phenols is 1. The van der Waals surface area contributed by atoms with E-state index in [2.05, 4.69) is 4.90 Å². The monoisotopic (exact) mass is 565 g/mol. The summed E-state index contributed by atoms with van der Waals surface area (Å²) in [4.78, 5) is 43.5. The number of fused-ring (bicyclic) bond motifs is 3. The van der Waals surface area contributed by atoms with E-state index in [0.29, 0.717) is 41.9 Å². The molecule has 3 aliphatic rings. The second kappa shape index (κ2) is 10.2. The highest BCUT2D eigenvalue weighted by Crippen LogP contribution is 2.53. The number of phenolic OH excluding ortho intramolecular Hbond substituents is 1.